The number of nitrogens with one attached hydrogen (secondary N) is 1. The zero-order valence-electron chi connectivity index (χ0n) is 15.5. The van der Waals surface area contributed by atoms with Crippen LogP contribution in [0.5, 0.6) is 0 Å². The number of nitrogens with zero attached hydrogens (tertiary/aromatic N) is 1. The molecule has 0 radical (unpaired) electrons. The van der Waals surface area contributed by atoms with Gasteiger partial charge in [-0.1, -0.05) is 36.4 Å². The first-order valence-electron chi connectivity index (χ1n) is 9.35. The molecule has 1 aromatic heterocycles. The molecule has 1 saturated heterocycles. The summed E-state index contributed by atoms with van der Waals surface area (Å²) in [5.74, 6) is -0.325. The summed E-state index contributed by atoms with van der Waals surface area (Å²) in [5.41, 5.74) is 1.25. The fourth-order valence-electron chi connectivity index (χ4n) is 3.37. The lowest BCUT2D eigenvalue weighted by Gasteiger charge is -2.31. The molecule has 2 aromatic rings. The minimum Gasteiger partial charge on any atom is -0.353 e. The van der Waals surface area contributed by atoms with Gasteiger partial charge < -0.3 is 5.32 Å². The zero-order valence-corrected chi connectivity index (χ0v) is 17.1. The topological polar surface area (TPSA) is 66.5 Å². The fraction of sp³-hybridized carbons (Fsp3) is 0.450. The van der Waals surface area contributed by atoms with Crippen molar-refractivity contribution >= 4 is 27.3 Å². The Morgan fingerprint density at radius 1 is 1.26 bits per heavy atom. The molecular weight excluding hydrogens is 380 g/mol. The third-order valence-corrected chi connectivity index (χ3v) is 8.18. The van der Waals surface area contributed by atoms with Gasteiger partial charge in [0.15, 0.2) is 0 Å². The molecule has 27 heavy (non-hydrogen) atoms. The van der Waals surface area contributed by atoms with Gasteiger partial charge in [0.1, 0.15) is 4.21 Å². The van der Waals surface area contributed by atoms with E-state index >= 15 is 0 Å². The average Bonchev–Trinajstić information content (AvgIpc) is 3.23. The van der Waals surface area contributed by atoms with Gasteiger partial charge in [0.2, 0.25) is 5.91 Å². The van der Waals surface area contributed by atoms with E-state index in [4.69, 9.17) is 0 Å². The van der Waals surface area contributed by atoms with E-state index in [1.807, 2.05) is 25.1 Å². The molecule has 0 aliphatic carbocycles. The normalized spacial score (nSPS) is 19.5. The van der Waals surface area contributed by atoms with Gasteiger partial charge in [-0.3, -0.25) is 4.79 Å². The van der Waals surface area contributed by atoms with E-state index in [1.165, 1.54) is 21.2 Å². The van der Waals surface area contributed by atoms with Crippen LogP contribution in [0.4, 0.5) is 0 Å². The van der Waals surface area contributed by atoms with Crippen molar-refractivity contribution < 1.29 is 13.2 Å². The van der Waals surface area contributed by atoms with Crippen LogP contribution in [0, 0.1) is 5.92 Å². The van der Waals surface area contributed by atoms with Gasteiger partial charge >= 0.3 is 0 Å². The highest BCUT2D eigenvalue weighted by Crippen LogP contribution is 2.26. The predicted molar refractivity (Wildman–Crippen MR) is 108 cm³/mol. The van der Waals surface area contributed by atoms with Gasteiger partial charge in [-0.25, -0.2) is 8.42 Å². The number of carbonyl (C=O) groups excluding carboxylic acids is 1. The predicted octanol–water partition coefficient (Wildman–Crippen LogP) is 3.29. The molecule has 7 heteroatoms. The summed E-state index contributed by atoms with van der Waals surface area (Å²) < 4.78 is 27.2. The maximum atomic E-state index is 12.7. The monoisotopic (exact) mass is 406 g/mol. The number of amides is 1. The molecule has 1 aliphatic heterocycles. The first-order chi connectivity index (χ1) is 13.0. The van der Waals surface area contributed by atoms with Gasteiger partial charge in [-0.15, -0.1) is 11.3 Å². The van der Waals surface area contributed by atoms with Crippen molar-refractivity contribution in [1.82, 2.24) is 9.62 Å². The molecule has 1 N–H and O–H groups in total. The Morgan fingerprint density at radius 3 is 2.74 bits per heavy atom. The first kappa shape index (κ1) is 20.0. The zero-order chi connectivity index (χ0) is 19.3. The number of thiophene rings is 1. The Kier molecular flexibility index (Phi) is 6.68. The van der Waals surface area contributed by atoms with E-state index in [1.54, 1.807) is 17.5 Å². The smallest absolute Gasteiger partial charge is 0.252 e. The minimum atomic E-state index is -3.49. The molecule has 1 aromatic carbocycles. The van der Waals surface area contributed by atoms with E-state index in [9.17, 15) is 13.2 Å². The number of piperidine rings is 1. The van der Waals surface area contributed by atoms with Gasteiger partial charge in [0.25, 0.3) is 10.0 Å². The molecule has 0 saturated carbocycles. The van der Waals surface area contributed by atoms with E-state index in [0.717, 1.165) is 19.3 Å². The van der Waals surface area contributed by atoms with Crippen LogP contribution in [0.25, 0.3) is 0 Å². The largest absolute Gasteiger partial charge is 0.353 e. The van der Waals surface area contributed by atoms with E-state index in [2.05, 4.69) is 17.4 Å². The van der Waals surface area contributed by atoms with Crippen LogP contribution in [0.3, 0.4) is 0 Å². The molecule has 146 valence electrons. The SMILES string of the molecule is C[C@@H](CCc1ccccc1)NC(=O)[C@@H]1CCCN(S(=O)(=O)c2cccs2)C1. The number of hydrogen-bond donors (Lipinski definition) is 1. The van der Waals surface area contributed by atoms with Crippen LogP contribution in [-0.4, -0.2) is 37.8 Å². The number of carbonyl (C=O) groups is 1. The van der Waals surface area contributed by atoms with Crippen molar-refractivity contribution in [2.24, 2.45) is 5.92 Å². The lowest BCUT2D eigenvalue weighted by Crippen LogP contribution is -2.47. The molecule has 1 fully saturated rings. The Hall–Kier alpha value is -1.70. The summed E-state index contributed by atoms with van der Waals surface area (Å²) in [6.45, 7) is 2.74. The Bertz CT molecular complexity index is 835. The molecule has 0 bridgehead atoms. The standard InChI is InChI=1S/C20H26N2O3S2/c1-16(11-12-17-7-3-2-4-8-17)21-20(23)18-9-5-13-22(15-18)27(24,25)19-10-6-14-26-19/h2-4,6-8,10,14,16,18H,5,9,11-13,15H2,1H3,(H,21,23)/t16-,18+/m0/s1. The quantitative estimate of drug-likeness (QED) is 0.767. The van der Waals surface area contributed by atoms with Gasteiger partial charge in [-0.05, 0) is 49.6 Å². The summed E-state index contributed by atoms with van der Waals surface area (Å²) in [5, 5.41) is 4.83. The molecule has 0 spiro atoms. The van der Waals surface area contributed by atoms with Crippen molar-refractivity contribution in [2.45, 2.75) is 42.9 Å². The average molecular weight is 407 g/mol. The van der Waals surface area contributed by atoms with Crippen LogP contribution in [-0.2, 0) is 21.2 Å². The third-order valence-electron chi connectivity index (χ3n) is 4.94. The Labute approximate surface area is 165 Å². The maximum absolute atomic E-state index is 12.7. The Balaban J connectivity index is 1.53. The van der Waals surface area contributed by atoms with E-state index in [-0.39, 0.29) is 24.4 Å². The molecule has 3 rings (SSSR count). The van der Waals surface area contributed by atoms with Gasteiger partial charge in [0, 0.05) is 19.1 Å². The molecule has 1 amide bonds. The third kappa shape index (κ3) is 5.18. The molecule has 0 unspecified atom stereocenters. The summed E-state index contributed by atoms with van der Waals surface area (Å²) in [4.78, 5) is 12.6. The minimum absolute atomic E-state index is 0.0401. The van der Waals surface area contributed by atoms with Crippen molar-refractivity contribution in [1.29, 1.82) is 0 Å². The Morgan fingerprint density at radius 2 is 2.04 bits per heavy atom. The highest BCUT2D eigenvalue weighted by Gasteiger charge is 2.34. The molecule has 2 atom stereocenters. The summed E-state index contributed by atoms with van der Waals surface area (Å²) in [7, 11) is -3.49. The maximum Gasteiger partial charge on any atom is 0.252 e. The molecule has 2 heterocycles. The van der Waals surface area contributed by atoms with Crippen LogP contribution < -0.4 is 5.32 Å². The summed E-state index contributed by atoms with van der Waals surface area (Å²) >= 11 is 1.22. The summed E-state index contributed by atoms with van der Waals surface area (Å²) in [6, 6.07) is 13.6. The second kappa shape index (κ2) is 8.99. The number of sulfonamides is 1. The van der Waals surface area contributed by atoms with E-state index in [0.29, 0.717) is 17.2 Å². The fourth-order valence-corrected chi connectivity index (χ4v) is 6.04. The van der Waals surface area contributed by atoms with Gasteiger partial charge in [-0.2, -0.15) is 4.31 Å². The van der Waals surface area contributed by atoms with Gasteiger partial charge in [0.05, 0.1) is 5.92 Å². The lowest BCUT2D eigenvalue weighted by molar-refractivity contribution is -0.126. The van der Waals surface area contributed by atoms with Crippen LogP contribution in [0.2, 0.25) is 0 Å². The number of benzene rings is 1. The highest BCUT2D eigenvalue weighted by atomic mass is 32.2. The van der Waals surface area contributed by atoms with Crippen molar-refractivity contribution in [3.05, 3.63) is 53.4 Å². The second-order valence-corrected chi connectivity index (χ2v) is 10.2. The highest BCUT2D eigenvalue weighted by molar-refractivity contribution is 7.91. The number of aryl methyl sites for hydroxylation is 1. The number of hydrogen-bond acceptors (Lipinski definition) is 4. The van der Waals surface area contributed by atoms with Crippen molar-refractivity contribution in [3.63, 3.8) is 0 Å². The lowest BCUT2D eigenvalue weighted by atomic mass is 9.98. The molecule has 5 nitrogen and oxygen atoms in total. The number of rotatable bonds is 7. The molecule has 1 aliphatic rings. The van der Waals surface area contributed by atoms with Crippen LogP contribution in [0.15, 0.2) is 52.1 Å². The van der Waals surface area contributed by atoms with Crippen LogP contribution in [0.1, 0.15) is 31.7 Å². The van der Waals surface area contributed by atoms with E-state index < -0.39 is 10.0 Å². The molecular formula is C20H26N2O3S2. The summed E-state index contributed by atoms with van der Waals surface area (Å²) in [6.07, 6.45) is 3.21. The van der Waals surface area contributed by atoms with Crippen molar-refractivity contribution in [3.8, 4) is 0 Å². The second-order valence-electron chi connectivity index (χ2n) is 7.07. The van der Waals surface area contributed by atoms with Crippen molar-refractivity contribution in [2.75, 3.05) is 13.1 Å². The first-order valence-corrected chi connectivity index (χ1v) is 11.7. The van der Waals surface area contributed by atoms with Crippen LogP contribution >= 0.6 is 11.3 Å².